The van der Waals surface area contributed by atoms with E-state index in [1.807, 2.05) is 30.3 Å². The molecule has 11 heteroatoms. The minimum Gasteiger partial charge on any atom is -0.378 e. The first-order valence-corrected chi connectivity index (χ1v) is 12.6. The molecule has 1 amide bonds. The van der Waals surface area contributed by atoms with Crippen molar-refractivity contribution in [3.8, 4) is 5.69 Å². The number of hydrogen-bond acceptors (Lipinski definition) is 8. The molecule has 0 radical (unpaired) electrons. The van der Waals surface area contributed by atoms with E-state index in [4.69, 9.17) is 4.74 Å². The van der Waals surface area contributed by atoms with Crippen LogP contribution in [0.5, 0.6) is 0 Å². The van der Waals surface area contributed by atoms with Gasteiger partial charge < -0.3 is 14.5 Å². The zero-order valence-electron chi connectivity index (χ0n) is 18.6. The maximum atomic E-state index is 14.0. The fraction of sp³-hybridized carbons (Fsp3) is 0.304. The van der Waals surface area contributed by atoms with Gasteiger partial charge in [-0.3, -0.25) is 9.36 Å². The number of aromatic nitrogens is 4. The number of morpholine rings is 1. The van der Waals surface area contributed by atoms with Crippen LogP contribution in [0.25, 0.3) is 15.9 Å². The number of anilines is 1. The van der Waals surface area contributed by atoms with Crippen LogP contribution in [0.15, 0.2) is 53.7 Å². The normalized spacial score (nSPS) is 14.0. The monoisotopic (exact) mass is 498 g/mol. The lowest BCUT2D eigenvalue weighted by molar-refractivity contribution is -0.127. The second-order valence-electron chi connectivity index (χ2n) is 7.81. The summed E-state index contributed by atoms with van der Waals surface area (Å²) < 4.78 is 22.4. The number of carbonyl (C=O) groups is 1. The quantitative estimate of drug-likeness (QED) is 0.360. The van der Waals surface area contributed by atoms with E-state index in [1.54, 1.807) is 33.9 Å². The Hall–Kier alpha value is -3.02. The van der Waals surface area contributed by atoms with Crippen LogP contribution in [0.1, 0.15) is 5.01 Å². The minimum absolute atomic E-state index is 0.0500. The molecule has 0 unspecified atom stereocenters. The summed E-state index contributed by atoms with van der Waals surface area (Å²) in [5.41, 5.74) is 1.56. The average molecular weight is 499 g/mol. The van der Waals surface area contributed by atoms with E-state index >= 15 is 0 Å². The van der Waals surface area contributed by atoms with Gasteiger partial charge in [0.2, 0.25) is 11.9 Å². The zero-order chi connectivity index (χ0) is 23.5. The third-order valence-corrected chi connectivity index (χ3v) is 7.37. The van der Waals surface area contributed by atoms with Crippen LogP contribution in [-0.2, 0) is 16.1 Å². The molecule has 4 aromatic rings. The van der Waals surface area contributed by atoms with Crippen LogP contribution in [0.4, 0.5) is 10.3 Å². The van der Waals surface area contributed by atoms with Gasteiger partial charge in [0.15, 0.2) is 5.16 Å². The van der Waals surface area contributed by atoms with E-state index in [-0.39, 0.29) is 17.5 Å². The van der Waals surface area contributed by atoms with Gasteiger partial charge in [-0.1, -0.05) is 30.0 Å². The van der Waals surface area contributed by atoms with Gasteiger partial charge in [-0.05, 0) is 30.3 Å². The van der Waals surface area contributed by atoms with Crippen LogP contribution >= 0.6 is 23.1 Å². The van der Waals surface area contributed by atoms with Crippen LogP contribution in [0.2, 0.25) is 0 Å². The van der Waals surface area contributed by atoms with Crippen molar-refractivity contribution in [2.45, 2.75) is 11.7 Å². The molecule has 176 valence electrons. The van der Waals surface area contributed by atoms with Crippen molar-refractivity contribution >= 4 is 45.2 Å². The first-order valence-electron chi connectivity index (χ1n) is 10.8. The number of thioether (sulfide) groups is 1. The zero-order valence-corrected chi connectivity index (χ0v) is 20.2. The molecule has 0 bridgehead atoms. The van der Waals surface area contributed by atoms with Crippen LogP contribution < -0.4 is 4.90 Å². The Bertz CT molecular complexity index is 1270. The number of benzene rings is 2. The van der Waals surface area contributed by atoms with Gasteiger partial charge in [-0.2, -0.15) is 0 Å². The Labute approximate surface area is 204 Å². The van der Waals surface area contributed by atoms with E-state index in [9.17, 15) is 9.18 Å². The fourth-order valence-electron chi connectivity index (χ4n) is 3.68. The molecule has 0 saturated carbocycles. The Morgan fingerprint density at radius 3 is 2.79 bits per heavy atom. The Balaban J connectivity index is 1.32. The van der Waals surface area contributed by atoms with Crippen LogP contribution in [0.3, 0.4) is 0 Å². The predicted octanol–water partition coefficient (Wildman–Crippen LogP) is 3.60. The van der Waals surface area contributed by atoms with Crippen molar-refractivity contribution in [1.29, 1.82) is 0 Å². The topological polar surface area (TPSA) is 76.4 Å². The highest BCUT2D eigenvalue weighted by atomic mass is 32.2. The number of nitrogens with zero attached hydrogens (tertiary/aromatic N) is 6. The number of fused-ring (bicyclic) bond motifs is 1. The smallest absolute Gasteiger partial charge is 0.233 e. The van der Waals surface area contributed by atoms with Crippen molar-refractivity contribution in [1.82, 2.24) is 24.6 Å². The molecule has 5 rings (SSSR count). The summed E-state index contributed by atoms with van der Waals surface area (Å²) in [7, 11) is 1.77. The summed E-state index contributed by atoms with van der Waals surface area (Å²) in [5, 5.41) is 10.1. The molecule has 2 aromatic carbocycles. The van der Waals surface area contributed by atoms with E-state index in [0.717, 1.165) is 15.2 Å². The average Bonchev–Trinajstić information content (AvgIpc) is 3.46. The maximum Gasteiger partial charge on any atom is 0.233 e. The van der Waals surface area contributed by atoms with E-state index in [0.29, 0.717) is 49.6 Å². The molecule has 0 atom stereocenters. The molecule has 1 aliphatic rings. The lowest BCUT2D eigenvalue weighted by Crippen LogP contribution is -2.37. The standard InChI is InChI=1S/C23H23FN6O2S2/c1-28(14-20-25-18-7-2-3-8-19(18)34-20)21(31)15-33-23-27-26-22(29-9-11-32-12-10-29)30(23)17-6-4-5-16(24)13-17/h2-8,13H,9-12,14-15H2,1H3. The first kappa shape index (κ1) is 22.8. The van der Waals surface area contributed by atoms with Crippen LogP contribution in [0, 0.1) is 5.82 Å². The summed E-state index contributed by atoms with van der Waals surface area (Å²) >= 11 is 2.87. The summed E-state index contributed by atoms with van der Waals surface area (Å²) in [6.07, 6.45) is 0. The molecule has 1 aliphatic heterocycles. The van der Waals surface area contributed by atoms with Gasteiger partial charge in [0.05, 0.1) is 41.4 Å². The molecular formula is C23H23FN6O2S2. The number of rotatable bonds is 7. The summed E-state index contributed by atoms with van der Waals surface area (Å²) in [6.45, 7) is 2.96. The van der Waals surface area contributed by atoms with Gasteiger partial charge in [-0.15, -0.1) is 21.5 Å². The molecule has 1 saturated heterocycles. The lowest BCUT2D eigenvalue weighted by Gasteiger charge is -2.28. The third kappa shape index (κ3) is 4.91. The van der Waals surface area contributed by atoms with Crippen molar-refractivity contribution in [2.24, 2.45) is 0 Å². The van der Waals surface area contributed by atoms with Gasteiger partial charge in [0, 0.05) is 20.1 Å². The third-order valence-electron chi connectivity index (χ3n) is 5.44. The summed E-state index contributed by atoms with van der Waals surface area (Å²) in [4.78, 5) is 21.2. The molecule has 8 nitrogen and oxygen atoms in total. The Kier molecular flexibility index (Phi) is 6.75. The van der Waals surface area contributed by atoms with Gasteiger partial charge in [0.25, 0.3) is 0 Å². The molecule has 0 aliphatic carbocycles. The van der Waals surface area contributed by atoms with Gasteiger partial charge in [0.1, 0.15) is 10.8 Å². The molecule has 3 heterocycles. The number of hydrogen-bond donors (Lipinski definition) is 0. The van der Waals surface area contributed by atoms with Gasteiger partial charge >= 0.3 is 0 Å². The Morgan fingerprint density at radius 1 is 1.18 bits per heavy atom. The van der Waals surface area contributed by atoms with Gasteiger partial charge in [-0.25, -0.2) is 9.37 Å². The highest BCUT2D eigenvalue weighted by Gasteiger charge is 2.23. The second-order valence-corrected chi connectivity index (χ2v) is 9.87. The number of amides is 1. The van der Waals surface area contributed by atoms with Crippen molar-refractivity contribution in [3.63, 3.8) is 0 Å². The number of halogens is 1. The number of thiazole rings is 1. The highest BCUT2D eigenvalue weighted by Crippen LogP contribution is 2.28. The Morgan fingerprint density at radius 2 is 2.00 bits per heavy atom. The molecule has 1 fully saturated rings. The number of carbonyl (C=O) groups excluding carboxylic acids is 1. The van der Waals surface area contributed by atoms with Crippen molar-refractivity contribution < 1.29 is 13.9 Å². The molecule has 2 aromatic heterocycles. The lowest BCUT2D eigenvalue weighted by atomic mass is 10.3. The predicted molar refractivity (Wildman–Crippen MR) is 131 cm³/mol. The van der Waals surface area contributed by atoms with E-state index in [2.05, 4.69) is 20.1 Å². The fourth-order valence-corrected chi connectivity index (χ4v) is 5.59. The van der Waals surface area contributed by atoms with E-state index in [1.165, 1.54) is 23.9 Å². The van der Waals surface area contributed by atoms with Crippen molar-refractivity contribution in [3.05, 3.63) is 59.4 Å². The molecule has 34 heavy (non-hydrogen) atoms. The number of para-hydroxylation sites is 1. The molecular weight excluding hydrogens is 475 g/mol. The molecule has 0 N–H and O–H groups in total. The largest absolute Gasteiger partial charge is 0.378 e. The number of ether oxygens (including phenoxy) is 1. The SMILES string of the molecule is CN(Cc1nc2ccccc2s1)C(=O)CSc1nnc(N2CCOCC2)n1-c1cccc(F)c1. The minimum atomic E-state index is -0.346. The second kappa shape index (κ2) is 10.1. The highest BCUT2D eigenvalue weighted by molar-refractivity contribution is 7.99. The van der Waals surface area contributed by atoms with Crippen LogP contribution in [-0.4, -0.2) is 69.7 Å². The maximum absolute atomic E-state index is 14.0. The van der Waals surface area contributed by atoms with E-state index < -0.39 is 0 Å². The van der Waals surface area contributed by atoms with Crippen molar-refractivity contribution in [2.75, 3.05) is 44.0 Å². The molecule has 0 spiro atoms. The summed E-state index contributed by atoms with van der Waals surface area (Å²) in [6, 6.07) is 14.2. The summed E-state index contributed by atoms with van der Waals surface area (Å²) in [5.74, 6) is 0.400. The first-order chi connectivity index (χ1) is 16.6.